The molecule has 0 aromatic carbocycles. The van der Waals surface area contributed by atoms with Gasteiger partial charge in [-0.15, -0.1) is 0 Å². The molecular formula is H3CdInPSi. The van der Waals surface area contributed by atoms with Crippen LogP contribution in [-0.4, -0.2) is 36.8 Å². The smallest absolute Gasteiger partial charge is 0 e. The molecule has 1 unspecified atom stereocenters. The van der Waals surface area contributed by atoms with Crippen LogP contribution >= 0.6 is 9.90 Å². The molecule has 0 nitrogen and oxygen atoms in total. The van der Waals surface area contributed by atoms with Crippen LogP contribution in [0.5, 0.6) is 0 Å². The molecule has 4 heteroatoms. The van der Waals surface area contributed by atoms with Gasteiger partial charge in [0.15, 0.2) is 0 Å². The van der Waals surface area contributed by atoms with Crippen molar-refractivity contribution in [1.82, 2.24) is 0 Å². The maximum Gasteiger partial charge on any atom is 0 e. The molecule has 4 heavy (non-hydrogen) atoms. The van der Waals surface area contributed by atoms with Crippen LogP contribution in [-0.2, 0) is 27.3 Å². The fourth-order valence-electron chi connectivity index (χ4n) is 0. The third-order valence-electron chi connectivity index (χ3n) is 0. The van der Waals surface area contributed by atoms with E-state index in [1.54, 1.807) is 0 Å². The van der Waals surface area contributed by atoms with Crippen molar-refractivity contribution in [3.05, 3.63) is 0 Å². The van der Waals surface area contributed by atoms with Crippen LogP contribution in [0.15, 0.2) is 0 Å². The van der Waals surface area contributed by atoms with E-state index in [0.29, 0.717) is 0 Å². The Balaban J connectivity index is 0. The van der Waals surface area contributed by atoms with Crippen LogP contribution in [0.3, 0.4) is 0 Å². The first-order valence-electron chi connectivity index (χ1n) is 0. The molecule has 0 bridgehead atoms. The van der Waals surface area contributed by atoms with Crippen molar-refractivity contribution < 1.29 is 27.3 Å². The summed E-state index contributed by atoms with van der Waals surface area (Å²) in [6, 6.07) is 0. The molecule has 0 saturated heterocycles. The molecule has 0 saturated carbocycles. The Labute approximate surface area is 73.1 Å². The number of rotatable bonds is 0. The largest absolute Gasteiger partial charge is 0.153 e. The van der Waals surface area contributed by atoms with E-state index in [0.717, 1.165) is 0 Å². The predicted molar refractivity (Wildman–Crippen MR) is 22.6 cm³/mol. The molecule has 0 spiro atoms. The molecule has 0 aliphatic carbocycles. The van der Waals surface area contributed by atoms with Gasteiger partial charge in [-0.1, -0.05) is 0 Å². The van der Waals surface area contributed by atoms with Gasteiger partial charge in [-0.2, -0.15) is 9.90 Å². The standard InChI is InChI=1S/Cd.In.H3P.Si/h;;1H3;. The Morgan fingerprint density at radius 3 is 1.00 bits per heavy atom. The summed E-state index contributed by atoms with van der Waals surface area (Å²) in [6.45, 7) is 0. The minimum atomic E-state index is 0. The van der Waals surface area contributed by atoms with Crippen molar-refractivity contribution in [3.8, 4) is 0 Å². The van der Waals surface area contributed by atoms with Gasteiger partial charge in [0.25, 0.3) is 0 Å². The zero-order chi connectivity index (χ0) is 0. The molecule has 1 atom stereocenters. The zero-order valence-corrected chi connectivity index (χ0v) is 12.2. The van der Waals surface area contributed by atoms with Crippen molar-refractivity contribution >= 4 is 46.7 Å². The summed E-state index contributed by atoms with van der Waals surface area (Å²) in [4.78, 5) is 0. The van der Waals surface area contributed by atoms with Crippen LogP contribution in [0.1, 0.15) is 0 Å². The van der Waals surface area contributed by atoms with Crippen LogP contribution < -0.4 is 0 Å². The van der Waals surface area contributed by atoms with Crippen molar-refractivity contribution in [2.45, 2.75) is 0 Å². The Morgan fingerprint density at radius 2 is 1.00 bits per heavy atom. The maximum atomic E-state index is 0. The number of hydrogen-bond acceptors (Lipinski definition) is 0. The summed E-state index contributed by atoms with van der Waals surface area (Å²) < 4.78 is 0. The first-order valence-corrected chi connectivity index (χ1v) is 0. The molecule has 17 valence electrons. The van der Waals surface area contributed by atoms with Gasteiger partial charge in [0.2, 0.25) is 0 Å². The van der Waals surface area contributed by atoms with Crippen LogP contribution in [0.2, 0.25) is 0 Å². The molecule has 0 N–H and O–H groups in total. The van der Waals surface area contributed by atoms with E-state index in [1.807, 2.05) is 0 Å². The molecule has 0 rings (SSSR count). The van der Waals surface area contributed by atoms with Crippen molar-refractivity contribution in [3.63, 3.8) is 0 Å². The van der Waals surface area contributed by atoms with E-state index >= 15 is 0 Å². The van der Waals surface area contributed by atoms with Crippen LogP contribution in [0, 0.1) is 0 Å². The van der Waals surface area contributed by atoms with E-state index < -0.39 is 0 Å². The normalized spacial score (nSPS) is 0. The second-order valence-corrected chi connectivity index (χ2v) is 0. The number of hydrogen-bond donors (Lipinski definition) is 0. The zero-order valence-electron chi connectivity index (χ0n) is 2.49. The van der Waals surface area contributed by atoms with Gasteiger partial charge in [0.1, 0.15) is 0 Å². The third-order valence-corrected chi connectivity index (χ3v) is 0. The molecule has 0 aromatic rings. The van der Waals surface area contributed by atoms with Gasteiger partial charge in [0, 0.05) is 64.1 Å². The van der Waals surface area contributed by atoms with E-state index in [4.69, 9.17) is 0 Å². The summed E-state index contributed by atoms with van der Waals surface area (Å²) in [5, 5.41) is 0. The van der Waals surface area contributed by atoms with Crippen molar-refractivity contribution in [2.75, 3.05) is 0 Å². The second-order valence-electron chi connectivity index (χ2n) is 0. The van der Waals surface area contributed by atoms with E-state index in [1.165, 1.54) is 0 Å². The topological polar surface area (TPSA) is 0 Å². The molecule has 0 aliphatic rings. The summed E-state index contributed by atoms with van der Waals surface area (Å²) in [7, 11) is 0. The van der Waals surface area contributed by atoms with Crippen molar-refractivity contribution in [2.24, 2.45) is 0 Å². The van der Waals surface area contributed by atoms with Gasteiger partial charge in [-0.25, -0.2) is 0 Å². The Kier molecular flexibility index (Phi) is 144. The monoisotopic (exact) mass is 291 g/mol. The Bertz CT molecular complexity index is 8.00. The van der Waals surface area contributed by atoms with Crippen LogP contribution in [0.4, 0.5) is 0 Å². The minimum Gasteiger partial charge on any atom is -0.153 e. The van der Waals surface area contributed by atoms with Gasteiger partial charge in [-0.05, 0) is 0 Å². The van der Waals surface area contributed by atoms with Gasteiger partial charge in [-0.3, -0.25) is 0 Å². The average Bonchev–Trinajstić information content (AvgIpc) is 0. The molecule has 7 radical (unpaired) electrons. The SMILES string of the molecule is P.[Cd].[In].[Si]. The molecule has 0 fully saturated rings. The van der Waals surface area contributed by atoms with Gasteiger partial charge in [0.05, 0.1) is 0 Å². The average molecular weight is 289 g/mol. The quantitative estimate of drug-likeness (QED) is 0.408. The summed E-state index contributed by atoms with van der Waals surface area (Å²) >= 11 is 0. The van der Waals surface area contributed by atoms with E-state index in [2.05, 4.69) is 0 Å². The molecule has 0 aliphatic heterocycles. The van der Waals surface area contributed by atoms with Gasteiger partial charge < -0.3 is 0 Å². The Hall–Kier alpha value is 2.44. The molecule has 0 heterocycles. The first kappa shape index (κ1) is 32.0. The maximum absolute atomic E-state index is 0. The summed E-state index contributed by atoms with van der Waals surface area (Å²) in [5.74, 6) is 0. The Morgan fingerprint density at radius 1 is 1.00 bits per heavy atom. The second kappa shape index (κ2) is 18.0. The molecular weight excluding hydrogens is 286 g/mol. The van der Waals surface area contributed by atoms with Crippen molar-refractivity contribution in [1.29, 1.82) is 0 Å². The van der Waals surface area contributed by atoms with E-state index in [9.17, 15) is 0 Å². The summed E-state index contributed by atoms with van der Waals surface area (Å²) in [6.07, 6.45) is 0. The third kappa shape index (κ3) is 8.83. The first-order chi connectivity index (χ1) is 0. The fraction of sp³-hybridized carbons (Fsp3) is 0. The fourth-order valence-corrected chi connectivity index (χ4v) is 0. The summed E-state index contributed by atoms with van der Waals surface area (Å²) in [5.41, 5.74) is 0. The molecule has 0 aromatic heterocycles. The predicted octanol–water partition coefficient (Wildman–Crippen LogP) is -0.706. The van der Waals surface area contributed by atoms with E-state index in [-0.39, 0.29) is 74.0 Å². The minimum absolute atomic E-state index is 0. The van der Waals surface area contributed by atoms with Gasteiger partial charge >= 0.3 is 0 Å². The molecule has 0 amide bonds. The van der Waals surface area contributed by atoms with Crippen LogP contribution in [0.25, 0.3) is 0 Å².